The molecular weight excluding hydrogens is 181 g/mol. The summed E-state index contributed by atoms with van der Waals surface area (Å²) in [6.07, 6.45) is 0.196. The van der Waals surface area contributed by atoms with Crippen LogP contribution in [0.25, 0.3) is 0 Å². The van der Waals surface area contributed by atoms with Crippen LogP contribution < -0.4 is 5.73 Å². The van der Waals surface area contributed by atoms with Crippen LogP contribution in [0.4, 0.5) is 4.39 Å². The van der Waals surface area contributed by atoms with Gasteiger partial charge in [-0.2, -0.15) is 0 Å². The third kappa shape index (κ3) is 1.99. The summed E-state index contributed by atoms with van der Waals surface area (Å²) >= 11 is 0. The van der Waals surface area contributed by atoms with Crippen LogP contribution in [0.2, 0.25) is 0 Å². The molecule has 0 aliphatic carbocycles. The fourth-order valence-electron chi connectivity index (χ4n) is 1.38. The van der Waals surface area contributed by atoms with E-state index in [1.165, 1.54) is 0 Å². The van der Waals surface area contributed by atoms with Gasteiger partial charge in [-0.3, -0.25) is 4.79 Å². The molecule has 2 nitrogen and oxygen atoms in total. The molecule has 0 aliphatic heterocycles. The summed E-state index contributed by atoms with van der Waals surface area (Å²) in [6, 6.07) is 3.42. The predicted molar refractivity (Wildman–Crippen MR) is 53.9 cm³/mol. The van der Waals surface area contributed by atoms with Crippen LogP contribution >= 0.6 is 0 Å². The zero-order chi connectivity index (χ0) is 10.7. The summed E-state index contributed by atoms with van der Waals surface area (Å²) in [5.74, 6) is -0.630. The Labute approximate surface area is 82.9 Å². The third-order valence-electron chi connectivity index (χ3n) is 2.19. The number of aryl methyl sites for hydroxylation is 2. The van der Waals surface area contributed by atoms with Crippen molar-refractivity contribution in [2.45, 2.75) is 20.3 Å². The minimum atomic E-state index is -0.413. The first-order chi connectivity index (χ1) is 6.57. The minimum absolute atomic E-state index is 0.190. The summed E-state index contributed by atoms with van der Waals surface area (Å²) in [4.78, 5) is 11.5. The van der Waals surface area contributed by atoms with Crippen LogP contribution in [0, 0.1) is 19.7 Å². The van der Waals surface area contributed by atoms with E-state index in [4.69, 9.17) is 5.73 Å². The molecule has 0 radical (unpaired) electrons. The second-order valence-corrected chi connectivity index (χ2v) is 3.35. The van der Waals surface area contributed by atoms with Gasteiger partial charge in [-0.05, 0) is 31.5 Å². The average molecular weight is 195 g/mol. The first-order valence-electron chi connectivity index (χ1n) is 4.57. The number of hydrogen-bond acceptors (Lipinski definition) is 2. The van der Waals surface area contributed by atoms with Gasteiger partial charge in [0.25, 0.3) is 0 Å². The fourth-order valence-corrected chi connectivity index (χ4v) is 1.38. The van der Waals surface area contributed by atoms with Gasteiger partial charge in [0.15, 0.2) is 5.78 Å². The van der Waals surface area contributed by atoms with Crippen molar-refractivity contribution in [1.29, 1.82) is 0 Å². The molecule has 0 aromatic heterocycles. The van der Waals surface area contributed by atoms with Gasteiger partial charge in [0.05, 0.1) is 5.56 Å². The Kier molecular flexibility index (Phi) is 3.36. The lowest BCUT2D eigenvalue weighted by atomic mass is 9.99. The summed E-state index contributed by atoms with van der Waals surface area (Å²) in [5, 5.41) is 0. The Morgan fingerprint density at radius 2 is 1.93 bits per heavy atom. The molecule has 0 heterocycles. The lowest BCUT2D eigenvalue weighted by Gasteiger charge is -2.07. The zero-order valence-electron chi connectivity index (χ0n) is 8.43. The van der Waals surface area contributed by atoms with E-state index in [0.29, 0.717) is 11.1 Å². The van der Waals surface area contributed by atoms with E-state index >= 15 is 0 Å². The minimum Gasteiger partial charge on any atom is -0.330 e. The number of rotatable bonds is 3. The third-order valence-corrected chi connectivity index (χ3v) is 2.19. The maximum atomic E-state index is 13.6. The van der Waals surface area contributed by atoms with Crippen molar-refractivity contribution in [2.75, 3.05) is 6.54 Å². The fraction of sp³-hybridized carbons (Fsp3) is 0.364. The lowest BCUT2D eigenvalue weighted by molar-refractivity contribution is 0.0981. The van der Waals surface area contributed by atoms with Gasteiger partial charge in [-0.15, -0.1) is 0 Å². The van der Waals surface area contributed by atoms with E-state index in [1.807, 2.05) is 0 Å². The van der Waals surface area contributed by atoms with Crippen molar-refractivity contribution < 1.29 is 9.18 Å². The van der Waals surface area contributed by atoms with Crippen molar-refractivity contribution in [1.82, 2.24) is 0 Å². The van der Waals surface area contributed by atoms with Crippen LogP contribution in [-0.2, 0) is 0 Å². The molecule has 0 amide bonds. The average Bonchev–Trinajstić information content (AvgIpc) is 2.13. The largest absolute Gasteiger partial charge is 0.330 e. The molecule has 1 rings (SSSR count). The van der Waals surface area contributed by atoms with Crippen LogP contribution in [0.5, 0.6) is 0 Å². The molecule has 1 aromatic rings. The maximum absolute atomic E-state index is 13.6. The van der Waals surface area contributed by atoms with Crippen LogP contribution in [0.15, 0.2) is 12.1 Å². The number of halogens is 1. The Morgan fingerprint density at radius 1 is 1.36 bits per heavy atom. The van der Waals surface area contributed by atoms with Gasteiger partial charge in [0.1, 0.15) is 5.82 Å². The highest BCUT2D eigenvalue weighted by molar-refractivity contribution is 5.98. The molecule has 0 atom stereocenters. The molecule has 3 heteroatoms. The monoisotopic (exact) mass is 195 g/mol. The molecule has 0 aliphatic rings. The normalized spacial score (nSPS) is 10.3. The lowest BCUT2D eigenvalue weighted by Crippen LogP contribution is -2.12. The molecule has 14 heavy (non-hydrogen) atoms. The highest BCUT2D eigenvalue weighted by atomic mass is 19.1. The topological polar surface area (TPSA) is 43.1 Å². The number of carbonyl (C=O) groups excluding carboxylic acids is 1. The van der Waals surface area contributed by atoms with Crippen molar-refractivity contribution in [3.8, 4) is 0 Å². The first kappa shape index (κ1) is 10.9. The molecular formula is C11H14FNO. The van der Waals surface area contributed by atoms with E-state index in [2.05, 4.69) is 0 Å². The molecule has 0 unspecified atom stereocenters. The second-order valence-electron chi connectivity index (χ2n) is 3.35. The number of nitrogens with two attached hydrogens (primary N) is 1. The van der Waals surface area contributed by atoms with E-state index in [0.717, 1.165) is 0 Å². The highest BCUT2D eigenvalue weighted by Gasteiger charge is 2.15. The smallest absolute Gasteiger partial charge is 0.167 e. The molecule has 0 saturated carbocycles. The quantitative estimate of drug-likeness (QED) is 0.749. The first-order valence-corrected chi connectivity index (χ1v) is 4.57. The molecule has 2 N–H and O–H groups in total. The van der Waals surface area contributed by atoms with Gasteiger partial charge in [0.2, 0.25) is 0 Å². The van der Waals surface area contributed by atoms with E-state index < -0.39 is 5.82 Å². The van der Waals surface area contributed by atoms with Crippen molar-refractivity contribution >= 4 is 5.78 Å². The van der Waals surface area contributed by atoms with Crippen LogP contribution in [0.1, 0.15) is 27.9 Å². The Hall–Kier alpha value is -1.22. The second kappa shape index (κ2) is 4.33. The maximum Gasteiger partial charge on any atom is 0.167 e. The van der Waals surface area contributed by atoms with E-state index in [-0.39, 0.29) is 24.3 Å². The summed E-state index contributed by atoms with van der Waals surface area (Å²) < 4.78 is 13.6. The Balaban J connectivity index is 3.18. The van der Waals surface area contributed by atoms with Gasteiger partial charge in [-0.25, -0.2) is 4.39 Å². The predicted octanol–water partition coefficient (Wildman–Crippen LogP) is 1.97. The van der Waals surface area contributed by atoms with Gasteiger partial charge < -0.3 is 5.73 Å². The number of hydrogen-bond donors (Lipinski definition) is 1. The van der Waals surface area contributed by atoms with Crippen LogP contribution in [-0.4, -0.2) is 12.3 Å². The van der Waals surface area contributed by atoms with Crippen molar-refractivity contribution in [3.63, 3.8) is 0 Å². The summed E-state index contributed by atoms with van der Waals surface area (Å²) in [6.45, 7) is 3.63. The standard InChI is InChI=1S/C11H14FNO/c1-7-3-4-8(2)11(12)10(7)9(14)5-6-13/h3-4H,5-6,13H2,1-2H3. The van der Waals surface area contributed by atoms with E-state index in [9.17, 15) is 9.18 Å². The Morgan fingerprint density at radius 3 is 2.50 bits per heavy atom. The van der Waals surface area contributed by atoms with Gasteiger partial charge in [0, 0.05) is 6.42 Å². The number of Topliss-reactive ketones (excluding diaryl/α,β-unsaturated/α-hetero) is 1. The van der Waals surface area contributed by atoms with Crippen LogP contribution in [0.3, 0.4) is 0 Å². The molecule has 0 fully saturated rings. The number of carbonyl (C=O) groups is 1. The summed E-state index contributed by atoms with van der Waals surface area (Å²) in [7, 11) is 0. The van der Waals surface area contributed by atoms with Crippen molar-refractivity contribution in [3.05, 3.63) is 34.6 Å². The molecule has 0 spiro atoms. The number of ketones is 1. The summed E-state index contributed by atoms with van der Waals surface area (Å²) in [5.41, 5.74) is 6.62. The molecule has 0 saturated heterocycles. The molecule has 76 valence electrons. The zero-order valence-corrected chi connectivity index (χ0v) is 8.43. The van der Waals surface area contributed by atoms with Gasteiger partial charge >= 0.3 is 0 Å². The molecule has 1 aromatic carbocycles. The SMILES string of the molecule is Cc1ccc(C)c(C(=O)CCN)c1F. The Bertz CT molecular complexity index is 361. The van der Waals surface area contributed by atoms with Gasteiger partial charge in [-0.1, -0.05) is 12.1 Å². The molecule has 0 bridgehead atoms. The van der Waals surface area contributed by atoms with E-state index in [1.54, 1.807) is 26.0 Å². The van der Waals surface area contributed by atoms with Crippen molar-refractivity contribution in [2.24, 2.45) is 5.73 Å². The number of benzene rings is 1. The highest BCUT2D eigenvalue weighted by Crippen LogP contribution is 2.18.